The Kier molecular flexibility index (Phi) is 3.76. The lowest BCUT2D eigenvalue weighted by Gasteiger charge is -1.99. The predicted molar refractivity (Wildman–Crippen MR) is 60.0 cm³/mol. The zero-order valence-corrected chi connectivity index (χ0v) is 8.99. The second-order valence-electron chi connectivity index (χ2n) is 3.25. The van der Waals surface area contributed by atoms with Crippen LogP contribution in [0.15, 0.2) is 23.9 Å². The van der Waals surface area contributed by atoms with Gasteiger partial charge in [-0.15, -0.1) is 0 Å². The van der Waals surface area contributed by atoms with Crippen molar-refractivity contribution in [3.05, 3.63) is 49.7 Å². The predicted octanol–water partition coefficient (Wildman–Crippen LogP) is 2.33. The first-order chi connectivity index (χ1) is 7.95. The van der Waals surface area contributed by atoms with Crippen LogP contribution in [0.3, 0.4) is 0 Å². The van der Waals surface area contributed by atoms with E-state index in [2.05, 4.69) is 0 Å². The first kappa shape index (κ1) is 12.6. The summed E-state index contributed by atoms with van der Waals surface area (Å²) in [6.45, 7) is 1.59. The Morgan fingerprint density at radius 3 is 2.53 bits per heavy atom. The summed E-state index contributed by atoms with van der Waals surface area (Å²) >= 11 is 0. The lowest BCUT2D eigenvalue weighted by Crippen LogP contribution is -1.97. The van der Waals surface area contributed by atoms with Crippen molar-refractivity contribution in [3.8, 4) is 5.75 Å². The minimum Gasteiger partial charge on any atom is -0.507 e. The van der Waals surface area contributed by atoms with Gasteiger partial charge in [0.2, 0.25) is 5.70 Å². The highest BCUT2D eigenvalue weighted by atomic mass is 16.6. The van der Waals surface area contributed by atoms with Gasteiger partial charge in [-0.3, -0.25) is 20.2 Å². The van der Waals surface area contributed by atoms with Gasteiger partial charge < -0.3 is 5.11 Å². The van der Waals surface area contributed by atoms with Gasteiger partial charge >= 0.3 is 0 Å². The fraction of sp³-hybridized carbons (Fsp3) is 0.200. The Morgan fingerprint density at radius 1 is 1.41 bits per heavy atom. The lowest BCUT2D eigenvalue weighted by atomic mass is 10.1. The Bertz CT molecular complexity index is 495. The zero-order valence-electron chi connectivity index (χ0n) is 8.99. The summed E-state index contributed by atoms with van der Waals surface area (Å²) in [5.41, 5.74) is -0.290. The maximum absolute atomic E-state index is 10.6. The van der Waals surface area contributed by atoms with Crippen LogP contribution in [0, 0.1) is 20.2 Å². The monoisotopic (exact) mass is 238 g/mol. The molecule has 0 aliphatic heterocycles. The minimum absolute atomic E-state index is 0.0627. The van der Waals surface area contributed by atoms with Crippen molar-refractivity contribution < 1.29 is 15.0 Å². The van der Waals surface area contributed by atoms with Crippen molar-refractivity contribution in [2.24, 2.45) is 0 Å². The molecule has 0 heterocycles. The van der Waals surface area contributed by atoms with E-state index in [1.165, 1.54) is 0 Å². The van der Waals surface area contributed by atoms with E-state index in [-0.39, 0.29) is 29.1 Å². The maximum Gasteiger partial charge on any atom is 0.270 e. The molecule has 1 aromatic rings. The highest BCUT2D eigenvalue weighted by Gasteiger charge is 2.13. The molecule has 7 nitrogen and oxygen atoms in total. The van der Waals surface area contributed by atoms with E-state index in [4.69, 9.17) is 0 Å². The lowest BCUT2D eigenvalue weighted by molar-refractivity contribution is -0.425. The zero-order chi connectivity index (χ0) is 13.0. The second kappa shape index (κ2) is 5.06. The third-order valence-electron chi connectivity index (χ3n) is 2.14. The van der Waals surface area contributed by atoms with E-state index in [0.29, 0.717) is 0 Å². The van der Waals surface area contributed by atoms with Crippen molar-refractivity contribution in [2.45, 2.75) is 13.3 Å². The van der Waals surface area contributed by atoms with Gasteiger partial charge in [-0.1, -0.05) is 6.92 Å². The number of nitro groups is 2. The molecule has 0 saturated carbocycles. The molecule has 90 valence electrons. The molecule has 0 bridgehead atoms. The molecule has 0 atom stereocenters. The Morgan fingerprint density at radius 2 is 2.06 bits per heavy atom. The third-order valence-corrected chi connectivity index (χ3v) is 2.14. The van der Waals surface area contributed by atoms with Gasteiger partial charge in [-0.25, -0.2) is 0 Å². The van der Waals surface area contributed by atoms with Gasteiger partial charge in [-0.05, 0) is 6.07 Å². The molecular weight excluding hydrogens is 228 g/mol. The van der Waals surface area contributed by atoms with Crippen molar-refractivity contribution in [1.29, 1.82) is 0 Å². The fourth-order valence-corrected chi connectivity index (χ4v) is 1.23. The molecule has 17 heavy (non-hydrogen) atoms. The van der Waals surface area contributed by atoms with Crippen LogP contribution < -0.4 is 0 Å². The van der Waals surface area contributed by atoms with E-state index in [1.54, 1.807) is 6.92 Å². The Labute approximate surface area is 96.3 Å². The molecule has 0 fully saturated rings. The molecule has 0 spiro atoms. The molecule has 1 aromatic carbocycles. The molecule has 1 rings (SSSR count). The number of nitro benzene ring substituents is 1. The molecule has 0 aliphatic rings. The van der Waals surface area contributed by atoms with Crippen LogP contribution in [0.1, 0.15) is 18.9 Å². The molecule has 0 amide bonds. The first-order valence-electron chi connectivity index (χ1n) is 4.78. The molecule has 0 aliphatic carbocycles. The van der Waals surface area contributed by atoms with Gasteiger partial charge in [0, 0.05) is 30.2 Å². The SMILES string of the molecule is CCC(=Cc1cc([N+](=O)[O-])ccc1O)[N+](=O)[O-]. The number of phenolic OH excluding ortho intramolecular Hbond substituents is 1. The van der Waals surface area contributed by atoms with Gasteiger partial charge in [0.25, 0.3) is 5.69 Å². The smallest absolute Gasteiger partial charge is 0.270 e. The number of allylic oxidation sites excluding steroid dienone is 1. The van der Waals surface area contributed by atoms with Gasteiger partial charge in [-0.2, -0.15) is 0 Å². The number of nitrogens with zero attached hydrogens (tertiary/aromatic N) is 2. The maximum atomic E-state index is 10.6. The van der Waals surface area contributed by atoms with E-state index in [0.717, 1.165) is 24.3 Å². The van der Waals surface area contributed by atoms with E-state index < -0.39 is 9.85 Å². The summed E-state index contributed by atoms with van der Waals surface area (Å²) in [7, 11) is 0. The topological polar surface area (TPSA) is 107 Å². The molecule has 1 N–H and O–H groups in total. The summed E-state index contributed by atoms with van der Waals surface area (Å²) in [6.07, 6.45) is 1.29. The normalized spacial score (nSPS) is 11.2. The van der Waals surface area contributed by atoms with Crippen molar-refractivity contribution in [2.75, 3.05) is 0 Å². The summed E-state index contributed by atoms with van der Waals surface area (Å²) in [4.78, 5) is 19.9. The van der Waals surface area contributed by atoms with Crippen LogP contribution in [0.25, 0.3) is 6.08 Å². The molecule has 0 aromatic heterocycles. The Hall–Kier alpha value is -2.44. The molecule has 0 radical (unpaired) electrons. The number of phenols is 1. The highest BCUT2D eigenvalue weighted by Crippen LogP contribution is 2.25. The van der Waals surface area contributed by atoms with Crippen LogP contribution in [-0.2, 0) is 0 Å². The van der Waals surface area contributed by atoms with Crippen LogP contribution in [0.4, 0.5) is 5.69 Å². The number of rotatable bonds is 4. The second-order valence-corrected chi connectivity index (χ2v) is 3.25. The number of hydrogen-bond acceptors (Lipinski definition) is 5. The number of aromatic hydroxyl groups is 1. The molecular formula is C10H10N2O5. The van der Waals surface area contributed by atoms with Crippen molar-refractivity contribution in [3.63, 3.8) is 0 Å². The van der Waals surface area contributed by atoms with Gasteiger partial charge in [0.05, 0.1) is 9.85 Å². The third kappa shape index (κ3) is 3.00. The van der Waals surface area contributed by atoms with Crippen molar-refractivity contribution in [1.82, 2.24) is 0 Å². The highest BCUT2D eigenvalue weighted by molar-refractivity contribution is 5.61. The van der Waals surface area contributed by atoms with Crippen LogP contribution in [0.5, 0.6) is 5.75 Å². The molecule has 0 unspecified atom stereocenters. The van der Waals surface area contributed by atoms with E-state index >= 15 is 0 Å². The minimum atomic E-state index is -0.630. The summed E-state index contributed by atoms with van der Waals surface area (Å²) in [6, 6.07) is 3.36. The molecule has 7 heteroatoms. The fourth-order valence-electron chi connectivity index (χ4n) is 1.23. The summed E-state index contributed by atoms with van der Waals surface area (Å²) in [5.74, 6) is -0.233. The average Bonchev–Trinajstić information content (AvgIpc) is 2.27. The summed E-state index contributed by atoms with van der Waals surface area (Å²) in [5, 5.41) is 30.6. The molecule has 0 saturated heterocycles. The summed E-state index contributed by atoms with van der Waals surface area (Å²) < 4.78 is 0. The van der Waals surface area contributed by atoms with Crippen LogP contribution >= 0.6 is 0 Å². The standard InChI is InChI=1S/C10H10N2O5/c1-2-8(11(14)15)5-7-6-9(12(16)17)3-4-10(7)13/h3-6,13H,2H2,1H3. The van der Waals surface area contributed by atoms with Gasteiger partial charge in [0.15, 0.2) is 0 Å². The number of non-ortho nitro benzene ring substituents is 1. The Balaban J connectivity index is 3.25. The van der Waals surface area contributed by atoms with Crippen LogP contribution in [0.2, 0.25) is 0 Å². The number of benzene rings is 1. The number of hydrogen-bond donors (Lipinski definition) is 1. The average molecular weight is 238 g/mol. The largest absolute Gasteiger partial charge is 0.507 e. The van der Waals surface area contributed by atoms with E-state index in [1.807, 2.05) is 0 Å². The first-order valence-corrected chi connectivity index (χ1v) is 4.78. The van der Waals surface area contributed by atoms with Crippen LogP contribution in [-0.4, -0.2) is 15.0 Å². The van der Waals surface area contributed by atoms with Crippen molar-refractivity contribution >= 4 is 11.8 Å². The van der Waals surface area contributed by atoms with E-state index in [9.17, 15) is 25.3 Å². The quantitative estimate of drug-likeness (QED) is 0.639. The van der Waals surface area contributed by atoms with Gasteiger partial charge in [0.1, 0.15) is 5.75 Å².